The van der Waals surface area contributed by atoms with Crippen molar-refractivity contribution in [2.75, 3.05) is 5.73 Å². The molecule has 0 amide bonds. The molecule has 1 aliphatic carbocycles. The van der Waals surface area contributed by atoms with Gasteiger partial charge in [-0.15, -0.1) is 0 Å². The number of carboxylic acids is 1. The molecule has 15 heavy (non-hydrogen) atoms. The highest BCUT2D eigenvalue weighted by atomic mass is 16.4. The maximum Gasteiger partial charge on any atom is 0.341 e. The summed E-state index contributed by atoms with van der Waals surface area (Å²) in [5.74, 6) is -0.217. The summed E-state index contributed by atoms with van der Waals surface area (Å²) < 4.78 is 1.63. The summed E-state index contributed by atoms with van der Waals surface area (Å²) in [6.07, 6.45) is 3.64. The van der Waals surface area contributed by atoms with E-state index in [9.17, 15) is 4.79 Å². The summed E-state index contributed by atoms with van der Waals surface area (Å²) in [4.78, 5) is 10.8. The van der Waals surface area contributed by atoms with Gasteiger partial charge < -0.3 is 10.8 Å². The van der Waals surface area contributed by atoms with Gasteiger partial charge in [-0.1, -0.05) is 0 Å². The van der Waals surface area contributed by atoms with Crippen LogP contribution in [0.4, 0.5) is 5.82 Å². The summed E-state index contributed by atoms with van der Waals surface area (Å²) in [6.45, 7) is 4.08. The number of hydrogen-bond donors (Lipinski definition) is 2. The van der Waals surface area contributed by atoms with E-state index in [1.165, 1.54) is 6.20 Å². The van der Waals surface area contributed by atoms with Gasteiger partial charge in [-0.2, -0.15) is 5.10 Å². The van der Waals surface area contributed by atoms with Crippen LogP contribution in [0.2, 0.25) is 0 Å². The molecular weight excluding hydrogens is 194 g/mol. The summed E-state index contributed by atoms with van der Waals surface area (Å²) in [5, 5.41) is 12.9. The normalized spacial score (nSPS) is 16.7. The van der Waals surface area contributed by atoms with Crippen molar-refractivity contribution in [1.29, 1.82) is 0 Å². The molecule has 1 aromatic heterocycles. The van der Waals surface area contributed by atoms with Crippen LogP contribution in [0.5, 0.6) is 0 Å². The Labute approximate surface area is 87.9 Å². The molecule has 3 N–H and O–H groups in total. The molecular formula is C10H15N3O2. The van der Waals surface area contributed by atoms with Crippen molar-refractivity contribution >= 4 is 11.8 Å². The lowest BCUT2D eigenvalue weighted by atomic mass is 9.99. The van der Waals surface area contributed by atoms with Gasteiger partial charge in [0.2, 0.25) is 0 Å². The van der Waals surface area contributed by atoms with Gasteiger partial charge in [-0.3, -0.25) is 0 Å². The third-order valence-corrected chi connectivity index (χ3v) is 3.16. The third kappa shape index (κ3) is 1.48. The molecule has 0 aliphatic heterocycles. The maximum absolute atomic E-state index is 10.8. The Bertz CT molecular complexity index is 405. The largest absolute Gasteiger partial charge is 0.477 e. The van der Waals surface area contributed by atoms with Crippen LogP contribution < -0.4 is 5.73 Å². The second-order valence-corrected chi connectivity index (χ2v) is 4.59. The Morgan fingerprint density at radius 2 is 2.27 bits per heavy atom. The van der Waals surface area contributed by atoms with Crippen molar-refractivity contribution < 1.29 is 9.90 Å². The van der Waals surface area contributed by atoms with Crippen LogP contribution in [-0.2, 0) is 5.54 Å². The number of nitrogens with zero attached hydrogens (tertiary/aromatic N) is 2. The molecule has 1 fully saturated rings. The fraction of sp³-hybridized carbons (Fsp3) is 0.600. The first-order valence-electron chi connectivity index (χ1n) is 5.02. The molecule has 1 saturated carbocycles. The van der Waals surface area contributed by atoms with Crippen LogP contribution in [0.1, 0.15) is 37.0 Å². The highest BCUT2D eigenvalue weighted by Gasteiger charge is 2.41. The molecule has 0 aromatic carbocycles. The predicted octanol–water partition coefficient (Wildman–Crippen LogP) is 1.31. The third-order valence-electron chi connectivity index (χ3n) is 3.16. The van der Waals surface area contributed by atoms with Crippen LogP contribution in [0, 0.1) is 5.92 Å². The van der Waals surface area contributed by atoms with E-state index < -0.39 is 5.97 Å². The first-order chi connectivity index (χ1) is 6.94. The van der Waals surface area contributed by atoms with Gasteiger partial charge in [-0.05, 0) is 32.6 Å². The molecule has 0 atom stereocenters. The smallest absolute Gasteiger partial charge is 0.341 e. The predicted molar refractivity (Wildman–Crippen MR) is 55.6 cm³/mol. The van der Waals surface area contributed by atoms with Crippen molar-refractivity contribution in [3.8, 4) is 0 Å². The molecule has 0 unspecified atom stereocenters. The Morgan fingerprint density at radius 3 is 2.67 bits per heavy atom. The fourth-order valence-corrected chi connectivity index (χ4v) is 1.94. The molecule has 1 heterocycles. The number of hydrogen-bond acceptors (Lipinski definition) is 3. The molecule has 0 radical (unpaired) electrons. The van der Waals surface area contributed by atoms with Crippen molar-refractivity contribution in [3.05, 3.63) is 11.8 Å². The first kappa shape index (κ1) is 10.0. The van der Waals surface area contributed by atoms with Gasteiger partial charge in [0.1, 0.15) is 11.4 Å². The number of nitrogen functional groups attached to an aromatic ring is 1. The molecule has 0 bridgehead atoms. The highest BCUT2D eigenvalue weighted by Crippen LogP contribution is 2.44. The zero-order chi connectivity index (χ0) is 11.2. The molecule has 5 nitrogen and oxygen atoms in total. The van der Waals surface area contributed by atoms with Crippen LogP contribution in [0.3, 0.4) is 0 Å². The van der Waals surface area contributed by atoms with E-state index >= 15 is 0 Å². The van der Waals surface area contributed by atoms with Gasteiger partial charge in [0.05, 0.1) is 11.7 Å². The number of rotatable bonds is 3. The van der Waals surface area contributed by atoms with Crippen molar-refractivity contribution in [1.82, 2.24) is 9.78 Å². The molecule has 1 aromatic rings. The summed E-state index contributed by atoms with van der Waals surface area (Å²) in [5.41, 5.74) is 5.68. The standard InChI is InChI=1S/C10H15N3O2/c1-10(2,6-3-4-6)13-8(11)7(5-12-13)9(14)15/h5-6H,3-4,11H2,1-2H3,(H,14,15). The van der Waals surface area contributed by atoms with Gasteiger partial charge in [-0.25, -0.2) is 9.48 Å². The molecule has 0 spiro atoms. The van der Waals surface area contributed by atoms with Crippen molar-refractivity contribution in [3.63, 3.8) is 0 Å². The lowest BCUT2D eigenvalue weighted by molar-refractivity contribution is 0.0698. The Morgan fingerprint density at radius 1 is 1.67 bits per heavy atom. The minimum absolute atomic E-state index is 0.0868. The number of aromatic carboxylic acids is 1. The van der Waals surface area contributed by atoms with E-state index in [-0.39, 0.29) is 16.9 Å². The molecule has 1 aliphatic rings. The van der Waals surface area contributed by atoms with Gasteiger partial charge in [0.15, 0.2) is 0 Å². The van der Waals surface area contributed by atoms with E-state index in [1.54, 1.807) is 4.68 Å². The van der Waals surface area contributed by atoms with E-state index in [1.807, 2.05) is 13.8 Å². The lowest BCUT2D eigenvalue weighted by Crippen LogP contribution is -2.31. The molecule has 2 rings (SSSR count). The second-order valence-electron chi connectivity index (χ2n) is 4.59. The zero-order valence-electron chi connectivity index (χ0n) is 8.90. The average molecular weight is 209 g/mol. The minimum Gasteiger partial charge on any atom is -0.477 e. The van der Waals surface area contributed by atoms with Crippen LogP contribution in [-0.4, -0.2) is 20.9 Å². The summed E-state index contributed by atoms with van der Waals surface area (Å²) >= 11 is 0. The Balaban J connectivity index is 2.40. The van der Waals surface area contributed by atoms with Gasteiger partial charge in [0.25, 0.3) is 0 Å². The van der Waals surface area contributed by atoms with E-state index in [2.05, 4.69) is 5.10 Å². The summed E-state index contributed by atoms with van der Waals surface area (Å²) in [7, 11) is 0. The fourth-order valence-electron chi connectivity index (χ4n) is 1.94. The van der Waals surface area contributed by atoms with Gasteiger partial charge in [0, 0.05) is 0 Å². The van der Waals surface area contributed by atoms with E-state index in [0.717, 1.165) is 12.8 Å². The van der Waals surface area contributed by atoms with E-state index in [0.29, 0.717) is 5.92 Å². The van der Waals surface area contributed by atoms with Crippen molar-refractivity contribution in [2.24, 2.45) is 5.92 Å². The number of nitrogens with two attached hydrogens (primary N) is 1. The number of carbonyl (C=O) groups is 1. The number of anilines is 1. The quantitative estimate of drug-likeness (QED) is 0.786. The SMILES string of the molecule is CC(C)(C1CC1)n1ncc(C(=O)O)c1N. The van der Waals surface area contributed by atoms with E-state index in [4.69, 9.17) is 10.8 Å². The molecule has 5 heteroatoms. The number of carboxylic acid groups (broad SMARTS) is 1. The highest BCUT2D eigenvalue weighted by molar-refractivity contribution is 5.92. The van der Waals surface area contributed by atoms with Crippen LogP contribution in [0.15, 0.2) is 6.20 Å². The Kier molecular flexibility index (Phi) is 1.99. The Hall–Kier alpha value is -1.52. The zero-order valence-corrected chi connectivity index (χ0v) is 8.90. The second kappa shape index (κ2) is 2.98. The molecule has 0 saturated heterocycles. The van der Waals surface area contributed by atoms with Crippen LogP contribution >= 0.6 is 0 Å². The first-order valence-corrected chi connectivity index (χ1v) is 5.02. The van der Waals surface area contributed by atoms with Crippen molar-refractivity contribution in [2.45, 2.75) is 32.2 Å². The number of aromatic nitrogens is 2. The van der Waals surface area contributed by atoms with Crippen LogP contribution in [0.25, 0.3) is 0 Å². The summed E-state index contributed by atoms with van der Waals surface area (Å²) in [6, 6.07) is 0. The minimum atomic E-state index is -1.02. The monoisotopic (exact) mass is 209 g/mol. The maximum atomic E-state index is 10.8. The molecule has 82 valence electrons. The topological polar surface area (TPSA) is 81.1 Å². The average Bonchev–Trinajstić information content (AvgIpc) is 2.89. The van der Waals surface area contributed by atoms with Gasteiger partial charge >= 0.3 is 5.97 Å². The lowest BCUT2D eigenvalue weighted by Gasteiger charge is -2.26.